The van der Waals surface area contributed by atoms with E-state index < -0.39 is 12.0 Å². The van der Waals surface area contributed by atoms with Crippen molar-refractivity contribution in [3.63, 3.8) is 0 Å². The molecule has 128 valence electrons. The van der Waals surface area contributed by atoms with Gasteiger partial charge in [0, 0.05) is 25.3 Å². The molecule has 23 heavy (non-hydrogen) atoms. The Kier molecular flexibility index (Phi) is 3.74. The smallest absolute Gasteiger partial charge is 0.310 e. The SMILES string of the molecule is CC1CC(=O)C2C(O)CC3OC(=O)C4CN(C)CCC4C3C2O1. The second kappa shape index (κ2) is 5.53. The standard InChI is InChI=1S/C17H25NO5/c1-8-5-11(19)15-12(20)6-13-14(16(15)22-8)9-3-4-18(2)7-10(9)17(21)23-13/h8-10,12-16,20H,3-7H2,1-2H3. The first-order valence-corrected chi connectivity index (χ1v) is 8.71. The van der Waals surface area contributed by atoms with Crippen LogP contribution in [0.2, 0.25) is 0 Å². The van der Waals surface area contributed by atoms with Gasteiger partial charge in [-0.15, -0.1) is 0 Å². The maximum absolute atomic E-state index is 12.4. The highest BCUT2D eigenvalue weighted by molar-refractivity contribution is 5.83. The molecular formula is C17H25NO5. The van der Waals surface area contributed by atoms with Crippen molar-refractivity contribution in [2.24, 2.45) is 23.7 Å². The minimum absolute atomic E-state index is 0.0338. The molecule has 3 aliphatic heterocycles. The van der Waals surface area contributed by atoms with Crippen molar-refractivity contribution < 1.29 is 24.2 Å². The summed E-state index contributed by atoms with van der Waals surface area (Å²) in [5.41, 5.74) is 0. The highest BCUT2D eigenvalue weighted by Crippen LogP contribution is 2.48. The van der Waals surface area contributed by atoms with Crippen LogP contribution in [0.4, 0.5) is 0 Å². The number of rotatable bonds is 0. The third-order valence-electron chi connectivity index (χ3n) is 6.23. The van der Waals surface area contributed by atoms with Gasteiger partial charge in [-0.05, 0) is 32.9 Å². The number of fused-ring (bicyclic) bond motifs is 5. The van der Waals surface area contributed by atoms with Crippen LogP contribution in [0, 0.1) is 23.7 Å². The zero-order chi connectivity index (χ0) is 16.3. The fraction of sp³-hybridized carbons (Fsp3) is 0.882. The Balaban J connectivity index is 1.67. The molecule has 4 fully saturated rings. The fourth-order valence-electron chi connectivity index (χ4n) is 5.25. The number of ketones is 1. The Morgan fingerprint density at radius 1 is 1.30 bits per heavy atom. The molecule has 0 aromatic carbocycles. The minimum atomic E-state index is -0.767. The molecule has 4 rings (SSSR count). The quantitative estimate of drug-likeness (QED) is 0.643. The third-order valence-corrected chi connectivity index (χ3v) is 6.23. The van der Waals surface area contributed by atoms with Crippen LogP contribution < -0.4 is 0 Å². The molecule has 3 heterocycles. The topological polar surface area (TPSA) is 76.1 Å². The van der Waals surface area contributed by atoms with Gasteiger partial charge in [0.1, 0.15) is 11.9 Å². The largest absolute Gasteiger partial charge is 0.462 e. The van der Waals surface area contributed by atoms with Crippen molar-refractivity contribution in [3.05, 3.63) is 0 Å². The fourth-order valence-corrected chi connectivity index (χ4v) is 5.25. The Morgan fingerprint density at radius 3 is 2.87 bits per heavy atom. The van der Waals surface area contributed by atoms with Gasteiger partial charge in [0.2, 0.25) is 0 Å². The molecule has 0 aromatic heterocycles. The summed E-state index contributed by atoms with van der Waals surface area (Å²) < 4.78 is 11.8. The maximum atomic E-state index is 12.4. The molecule has 0 radical (unpaired) electrons. The monoisotopic (exact) mass is 323 g/mol. The molecule has 8 unspecified atom stereocenters. The van der Waals surface area contributed by atoms with Gasteiger partial charge in [-0.3, -0.25) is 9.59 Å². The predicted octanol–water partition coefficient (Wildman–Crippen LogP) is 0.223. The summed E-state index contributed by atoms with van der Waals surface area (Å²) >= 11 is 0. The molecule has 0 aromatic rings. The number of esters is 1. The van der Waals surface area contributed by atoms with Crippen molar-refractivity contribution in [1.29, 1.82) is 0 Å². The molecule has 6 nitrogen and oxygen atoms in total. The van der Waals surface area contributed by atoms with Gasteiger partial charge in [-0.25, -0.2) is 0 Å². The van der Waals surface area contributed by atoms with Crippen LogP contribution in [0.15, 0.2) is 0 Å². The highest BCUT2D eigenvalue weighted by atomic mass is 16.6. The van der Waals surface area contributed by atoms with E-state index in [2.05, 4.69) is 4.90 Å². The number of carbonyl (C=O) groups excluding carboxylic acids is 2. The first-order valence-electron chi connectivity index (χ1n) is 8.71. The van der Waals surface area contributed by atoms with Gasteiger partial charge in [-0.2, -0.15) is 0 Å². The van der Waals surface area contributed by atoms with E-state index in [9.17, 15) is 14.7 Å². The number of ether oxygens (including phenoxy) is 2. The highest BCUT2D eigenvalue weighted by Gasteiger charge is 2.59. The summed E-state index contributed by atoms with van der Waals surface area (Å²) in [5.74, 6) is -0.418. The van der Waals surface area contributed by atoms with E-state index in [1.165, 1.54) is 0 Å². The molecule has 1 N–H and O–H groups in total. The average molecular weight is 323 g/mol. The van der Waals surface area contributed by atoms with Crippen molar-refractivity contribution in [2.75, 3.05) is 20.1 Å². The second-order valence-corrected chi connectivity index (χ2v) is 7.78. The van der Waals surface area contributed by atoms with E-state index in [-0.39, 0.29) is 47.8 Å². The molecule has 1 saturated carbocycles. The van der Waals surface area contributed by atoms with Gasteiger partial charge < -0.3 is 19.5 Å². The van der Waals surface area contributed by atoms with Crippen molar-refractivity contribution in [2.45, 2.75) is 50.6 Å². The molecule has 3 saturated heterocycles. The summed E-state index contributed by atoms with van der Waals surface area (Å²) in [5, 5.41) is 10.4. The number of Topliss-reactive ketones (excluding diaryl/α,β-unsaturated/α-hetero) is 1. The first-order chi connectivity index (χ1) is 11.0. The molecule has 6 heteroatoms. The van der Waals surface area contributed by atoms with Crippen LogP contribution in [-0.2, 0) is 19.1 Å². The Labute approximate surface area is 136 Å². The zero-order valence-corrected chi connectivity index (χ0v) is 13.7. The zero-order valence-electron chi connectivity index (χ0n) is 13.7. The molecule has 1 aliphatic carbocycles. The summed E-state index contributed by atoms with van der Waals surface area (Å²) in [6.07, 6.45) is 0.120. The van der Waals surface area contributed by atoms with E-state index >= 15 is 0 Å². The lowest BCUT2D eigenvalue weighted by Crippen LogP contribution is -2.64. The lowest BCUT2D eigenvalue weighted by atomic mass is 9.61. The van der Waals surface area contributed by atoms with Gasteiger partial charge in [-0.1, -0.05) is 0 Å². The second-order valence-electron chi connectivity index (χ2n) is 7.78. The number of piperidine rings is 1. The van der Waals surface area contributed by atoms with Crippen molar-refractivity contribution in [1.82, 2.24) is 4.90 Å². The van der Waals surface area contributed by atoms with Crippen molar-refractivity contribution >= 4 is 11.8 Å². The lowest BCUT2D eigenvalue weighted by Gasteiger charge is -2.55. The number of aliphatic hydroxyl groups is 1. The Morgan fingerprint density at radius 2 is 2.09 bits per heavy atom. The van der Waals surface area contributed by atoms with E-state index in [0.717, 1.165) is 13.0 Å². The van der Waals surface area contributed by atoms with Crippen LogP contribution in [0.5, 0.6) is 0 Å². The van der Waals surface area contributed by atoms with E-state index in [1.807, 2.05) is 14.0 Å². The summed E-state index contributed by atoms with van der Waals surface area (Å²) in [4.78, 5) is 27.0. The van der Waals surface area contributed by atoms with E-state index in [0.29, 0.717) is 19.4 Å². The van der Waals surface area contributed by atoms with Crippen LogP contribution >= 0.6 is 0 Å². The van der Waals surface area contributed by atoms with E-state index in [4.69, 9.17) is 9.47 Å². The third kappa shape index (κ3) is 2.42. The molecule has 8 atom stereocenters. The van der Waals surface area contributed by atoms with Gasteiger partial charge in [0.25, 0.3) is 0 Å². The summed E-state index contributed by atoms with van der Waals surface area (Å²) in [6.45, 7) is 3.56. The predicted molar refractivity (Wildman–Crippen MR) is 80.5 cm³/mol. The van der Waals surface area contributed by atoms with Crippen LogP contribution in [-0.4, -0.2) is 66.3 Å². The molecule has 4 aliphatic rings. The number of carbonyl (C=O) groups is 2. The van der Waals surface area contributed by atoms with Crippen molar-refractivity contribution in [3.8, 4) is 0 Å². The molecule has 0 spiro atoms. The number of likely N-dealkylation sites (tertiary alicyclic amines) is 1. The number of nitrogens with zero attached hydrogens (tertiary/aromatic N) is 1. The number of hydrogen-bond acceptors (Lipinski definition) is 6. The normalized spacial score (nSPS) is 50.6. The summed E-state index contributed by atoms with van der Waals surface area (Å²) in [7, 11) is 2.02. The summed E-state index contributed by atoms with van der Waals surface area (Å²) in [6, 6.07) is 0. The maximum Gasteiger partial charge on any atom is 0.310 e. The number of aliphatic hydroxyl groups excluding tert-OH is 1. The van der Waals surface area contributed by atoms with Crippen LogP contribution in [0.3, 0.4) is 0 Å². The van der Waals surface area contributed by atoms with Gasteiger partial charge >= 0.3 is 5.97 Å². The van der Waals surface area contributed by atoms with Crippen LogP contribution in [0.1, 0.15) is 26.2 Å². The molecular weight excluding hydrogens is 298 g/mol. The van der Waals surface area contributed by atoms with Gasteiger partial charge in [0.05, 0.1) is 30.1 Å². The Bertz CT molecular complexity index is 523. The Hall–Kier alpha value is -0.980. The molecule has 0 amide bonds. The van der Waals surface area contributed by atoms with Gasteiger partial charge in [0.15, 0.2) is 0 Å². The van der Waals surface area contributed by atoms with Crippen LogP contribution in [0.25, 0.3) is 0 Å². The number of hydrogen-bond donors (Lipinski definition) is 1. The lowest BCUT2D eigenvalue weighted by molar-refractivity contribution is -0.228. The van der Waals surface area contributed by atoms with E-state index in [1.54, 1.807) is 0 Å². The average Bonchev–Trinajstić information content (AvgIpc) is 2.46. The molecule has 0 bridgehead atoms. The minimum Gasteiger partial charge on any atom is -0.462 e. The first kappa shape index (κ1) is 15.5.